The molecule has 0 radical (unpaired) electrons. The van der Waals surface area contributed by atoms with E-state index >= 15 is 0 Å². The van der Waals surface area contributed by atoms with Gasteiger partial charge in [-0.05, 0) is 35.4 Å². The van der Waals surface area contributed by atoms with Gasteiger partial charge >= 0.3 is 0 Å². The van der Waals surface area contributed by atoms with Gasteiger partial charge in [0, 0.05) is 5.02 Å². The summed E-state index contributed by atoms with van der Waals surface area (Å²) in [6.07, 6.45) is -0.849. The first-order valence-corrected chi connectivity index (χ1v) is 8.86. The van der Waals surface area contributed by atoms with Gasteiger partial charge in [-0.2, -0.15) is 0 Å². The van der Waals surface area contributed by atoms with E-state index < -0.39 is 11.7 Å². The Morgan fingerprint density at radius 1 is 0.769 bits per heavy atom. The molecule has 0 aliphatic carbocycles. The molecular weight excluding hydrogens is 348 g/mol. The van der Waals surface area contributed by atoms with Crippen LogP contribution < -0.4 is 4.74 Å². The first-order chi connectivity index (χ1) is 12.7. The minimum Gasteiger partial charge on any atom is -0.481 e. The fraction of sp³-hybridized carbons (Fsp3) is 0.136. The number of halogens is 1. The van der Waals surface area contributed by atoms with Crippen molar-refractivity contribution in [2.45, 2.75) is 17.8 Å². The minimum atomic E-state index is -1.04. The van der Waals surface area contributed by atoms with Crippen molar-refractivity contribution in [1.29, 1.82) is 0 Å². The lowest BCUT2D eigenvalue weighted by atomic mass is 9.81. The average Bonchev–Trinajstić information content (AvgIpc) is 3.42. The van der Waals surface area contributed by atoms with Gasteiger partial charge in [0.25, 0.3) is 0 Å². The van der Waals surface area contributed by atoms with Gasteiger partial charge in [0.2, 0.25) is 11.4 Å². The Balaban J connectivity index is 1.64. The highest BCUT2D eigenvalue weighted by molar-refractivity contribution is 6.30. The summed E-state index contributed by atoms with van der Waals surface area (Å²) < 4.78 is 12.4. The van der Waals surface area contributed by atoms with Crippen LogP contribution in [0.25, 0.3) is 0 Å². The summed E-state index contributed by atoms with van der Waals surface area (Å²) in [5.41, 5.74) is 1.37. The number of ether oxygens (including phenoxy) is 2. The van der Waals surface area contributed by atoms with Gasteiger partial charge in [0.15, 0.2) is 6.10 Å². The molecule has 1 unspecified atom stereocenters. The molecule has 26 heavy (non-hydrogen) atoms. The molecule has 5 rings (SSSR count). The summed E-state index contributed by atoms with van der Waals surface area (Å²) in [7, 11) is 0. The Bertz CT molecular complexity index is 984. The molecule has 3 nitrogen and oxygen atoms in total. The second-order valence-corrected chi connectivity index (χ2v) is 7.01. The number of para-hydroxylation sites is 1. The molecule has 2 heterocycles. The van der Waals surface area contributed by atoms with Crippen LogP contribution in [0.1, 0.15) is 33.7 Å². The van der Waals surface area contributed by atoms with Crippen LogP contribution in [0, 0.1) is 0 Å². The summed E-state index contributed by atoms with van der Waals surface area (Å²) in [6.45, 7) is 0. The molecule has 1 spiro atoms. The fourth-order valence-electron chi connectivity index (χ4n) is 3.73. The summed E-state index contributed by atoms with van der Waals surface area (Å²) in [5, 5.41) is 0.652. The van der Waals surface area contributed by atoms with Gasteiger partial charge < -0.3 is 9.47 Å². The molecule has 0 saturated carbocycles. The molecule has 4 heteroatoms. The molecule has 3 aromatic rings. The fourth-order valence-corrected chi connectivity index (χ4v) is 3.86. The van der Waals surface area contributed by atoms with E-state index in [1.807, 2.05) is 72.8 Å². The zero-order valence-electron chi connectivity index (χ0n) is 13.8. The summed E-state index contributed by atoms with van der Waals surface area (Å²) >= 11 is 6.00. The van der Waals surface area contributed by atoms with Crippen molar-refractivity contribution in [3.05, 3.63) is 101 Å². The van der Waals surface area contributed by atoms with Crippen LogP contribution in [0.15, 0.2) is 78.9 Å². The number of epoxide rings is 1. The summed E-state index contributed by atoms with van der Waals surface area (Å²) in [4.78, 5) is 13.4. The number of benzene rings is 3. The van der Waals surface area contributed by atoms with E-state index in [1.54, 1.807) is 6.07 Å². The molecular formula is C22H15ClO3. The number of carbonyl (C=O) groups is 1. The van der Waals surface area contributed by atoms with Crippen molar-refractivity contribution >= 4 is 17.4 Å². The maximum atomic E-state index is 13.4. The van der Waals surface area contributed by atoms with E-state index in [2.05, 4.69) is 0 Å². The van der Waals surface area contributed by atoms with Crippen molar-refractivity contribution in [3.8, 4) is 5.75 Å². The highest BCUT2D eigenvalue weighted by Crippen LogP contribution is 2.61. The van der Waals surface area contributed by atoms with Gasteiger partial charge in [0.05, 0.1) is 5.56 Å². The van der Waals surface area contributed by atoms with E-state index in [0.29, 0.717) is 16.3 Å². The number of carbonyl (C=O) groups excluding carboxylic acids is 1. The minimum absolute atomic E-state index is 0.0341. The lowest BCUT2D eigenvalue weighted by Crippen LogP contribution is -2.40. The molecule has 2 aliphatic heterocycles. The third-order valence-corrected chi connectivity index (χ3v) is 5.29. The Labute approximate surface area is 156 Å². The van der Waals surface area contributed by atoms with Gasteiger partial charge in [-0.1, -0.05) is 66.2 Å². The number of hydrogen-bond donors (Lipinski definition) is 0. The Hall–Kier alpha value is -2.62. The van der Waals surface area contributed by atoms with Crippen LogP contribution in [0.5, 0.6) is 5.75 Å². The number of Topliss-reactive ketones (excluding diaryl/α,β-unsaturated/α-hetero) is 1. The number of hydrogen-bond acceptors (Lipinski definition) is 3. The molecule has 1 fully saturated rings. The Morgan fingerprint density at radius 3 is 2.19 bits per heavy atom. The highest BCUT2D eigenvalue weighted by atomic mass is 35.5. The van der Waals surface area contributed by atoms with E-state index in [4.69, 9.17) is 21.1 Å². The maximum Gasteiger partial charge on any atom is 0.205 e. The molecule has 0 amide bonds. The first-order valence-electron chi connectivity index (χ1n) is 8.49. The van der Waals surface area contributed by atoms with E-state index in [1.165, 1.54) is 0 Å². The van der Waals surface area contributed by atoms with E-state index in [9.17, 15) is 4.79 Å². The molecule has 2 aliphatic rings. The zero-order valence-corrected chi connectivity index (χ0v) is 14.5. The van der Waals surface area contributed by atoms with Crippen LogP contribution in [-0.2, 0) is 4.74 Å². The van der Waals surface area contributed by atoms with Gasteiger partial charge in [-0.15, -0.1) is 0 Å². The summed E-state index contributed by atoms with van der Waals surface area (Å²) in [6, 6.07) is 24.5. The molecule has 3 aromatic carbocycles. The third kappa shape index (κ3) is 2.21. The van der Waals surface area contributed by atoms with Gasteiger partial charge in [0.1, 0.15) is 11.9 Å². The standard InChI is InChI=1S/C22H15ClO3/c23-16-12-10-15(11-13-16)21-22(26-21)19(24)17-8-4-5-9-18(17)25-20(22)14-6-2-1-3-7-14/h1-13,20-21H/t20-,21?,22-/m1/s1. The van der Waals surface area contributed by atoms with Crippen molar-refractivity contribution < 1.29 is 14.3 Å². The van der Waals surface area contributed by atoms with Gasteiger partial charge in [-0.25, -0.2) is 0 Å². The molecule has 3 atom stereocenters. The topological polar surface area (TPSA) is 38.8 Å². The maximum absolute atomic E-state index is 13.4. The smallest absolute Gasteiger partial charge is 0.205 e. The van der Waals surface area contributed by atoms with Crippen molar-refractivity contribution in [2.24, 2.45) is 0 Å². The Kier molecular flexibility index (Phi) is 3.42. The van der Waals surface area contributed by atoms with Gasteiger partial charge in [-0.3, -0.25) is 4.79 Å². The van der Waals surface area contributed by atoms with E-state index in [-0.39, 0.29) is 11.9 Å². The lowest BCUT2D eigenvalue weighted by Gasteiger charge is -2.31. The number of rotatable bonds is 2. The SMILES string of the molecule is O=C1c2ccccc2O[C@H](c2ccccc2)[C@]12OC2c1ccc(Cl)cc1. The molecule has 0 bridgehead atoms. The molecule has 128 valence electrons. The zero-order chi connectivity index (χ0) is 17.7. The first kappa shape index (κ1) is 15.6. The number of ketones is 1. The monoisotopic (exact) mass is 362 g/mol. The average molecular weight is 363 g/mol. The van der Waals surface area contributed by atoms with Crippen LogP contribution in [0.3, 0.4) is 0 Å². The second kappa shape index (κ2) is 5.70. The van der Waals surface area contributed by atoms with E-state index in [0.717, 1.165) is 11.1 Å². The predicted molar refractivity (Wildman–Crippen MR) is 98.6 cm³/mol. The molecule has 0 N–H and O–H groups in total. The van der Waals surface area contributed by atoms with Crippen molar-refractivity contribution in [2.75, 3.05) is 0 Å². The molecule has 1 saturated heterocycles. The predicted octanol–water partition coefficient (Wildman–Crippen LogP) is 5.17. The number of fused-ring (bicyclic) bond motifs is 1. The highest BCUT2D eigenvalue weighted by Gasteiger charge is 2.71. The largest absolute Gasteiger partial charge is 0.481 e. The van der Waals surface area contributed by atoms with Crippen LogP contribution in [-0.4, -0.2) is 11.4 Å². The van der Waals surface area contributed by atoms with Crippen LogP contribution in [0.2, 0.25) is 5.02 Å². The third-order valence-electron chi connectivity index (χ3n) is 5.04. The normalized spacial score (nSPS) is 26.3. The van der Waals surface area contributed by atoms with Crippen LogP contribution >= 0.6 is 11.6 Å². The quantitative estimate of drug-likeness (QED) is 0.590. The Morgan fingerprint density at radius 2 is 1.42 bits per heavy atom. The van der Waals surface area contributed by atoms with Crippen LogP contribution in [0.4, 0.5) is 0 Å². The molecule has 0 aromatic heterocycles. The van der Waals surface area contributed by atoms with Crippen molar-refractivity contribution in [1.82, 2.24) is 0 Å². The lowest BCUT2D eigenvalue weighted by molar-refractivity contribution is 0.0523. The summed E-state index contributed by atoms with van der Waals surface area (Å²) in [5.74, 6) is 0.565. The second-order valence-electron chi connectivity index (χ2n) is 6.58. The van der Waals surface area contributed by atoms with Crippen molar-refractivity contribution in [3.63, 3.8) is 0 Å².